The number of amides is 1. The molecule has 9 heteroatoms. The third kappa shape index (κ3) is 3.73. The summed E-state index contributed by atoms with van der Waals surface area (Å²) in [5.74, 6) is 0.548. The summed E-state index contributed by atoms with van der Waals surface area (Å²) in [5, 5.41) is 2.77. The second kappa shape index (κ2) is 6.44. The van der Waals surface area contributed by atoms with Gasteiger partial charge in [-0.25, -0.2) is 18.2 Å². The first-order valence-electron chi connectivity index (χ1n) is 6.88. The molecular weight excluding hydrogens is 296 g/mol. The summed E-state index contributed by atoms with van der Waals surface area (Å²) in [6.45, 7) is 4.37. The highest BCUT2D eigenvalue weighted by Crippen LogP contribution is 2.19. The molecule has 2 heterocycles. The van der Waals surface area contributed by atoms with Gasteiger partial charge in [0.2, 0.25) is 0 Å². The molecule has 2 rings (SSSR count). The molecule has 0 saturated carbocycles. The molecule has 0 radical (unpaired) electrons. The third-order valence-electron chi connectivity index (χ3n) is 3.28. The third-order valence-corrected chi connectivity index (χ3v) is 5.05. The predicted molar refractivity (Wildman–Crippen MR) is 75.3 cm³/mol. The van der Waals surface area contributed by atoms with Gasteiger partial charge in [0.05, 0.1) is 12.8 Å². The molecule has 0 aliphatic carbocycles. The van der Waals surface area contributed by atoms with Crippen LogP contribution < -0.4 is 5.32 Å². The molecule has 21 heavy (non-hydrogen) atoms. The fourth-order valence-corrected chi connectivity index (χ4v) is 3.77. The quantitative estimate of drug-likeness (QED) is 0.847. The molecule has 1 saturated heterocycles. The SMILES string of the molecule is CCOC(=O)NC1CCCN(S(=O)(=O)c2cnc(C)[nH]2)C1. The van der Waals surface area contributed by atoms with E-state index in [0.29, 0.717) is 18.8 Å². The number of alkyl carbamates (subject to hydrolysis) is 1. The van der Waals surface area contributed by atoms with Crippen LogP contribution in [0, 0.1) is 6.92 Å². The van der Waals surface area contributed by atoms with Gasteiger partial charge in [-0.2, -0.15) is 4.31 Å². The van der Waals surface area contributed by atoms with E-state index in [4.69, 9.17) is 4.74 Å². The minimum atomic E-state index is -3.60. The number of rotatable bonds is 4. The Balaban J connectivity index is 2.05. The highest BCUT2D eigenvalue weighted by molar-refractivity contribution is 7.89. The highest BCUT2D eigenvalue weighted by Gasteiger charge is 2.32. The first-order chi connectivity index (χ1) is 9.93. The Morgan fingerprint density at radius 3 is 3.00 bits per heavy atom. The molecule has 0 aromatic carbocycles. The van der Waals surface area contributed by atoms with Crippen molar-refractivity contribution in [3.8, 4) is 0 Å². The maximum absolute atomic E-state index is 12.5. The molecule has 1 aliphatic heterocycles. The number of piperidine rings is 1. The van der Waals surface area contributed by atoms with Crippen molar-refractivity contribution in [2.75, 3.05) is 19.7 Å². The fraction of sp³-hybridized carbons (Fsp3) is 0.667. The Morgan fingerprint density at radius 1 is 1.62 bits per heavy atom. The number of carbonyl (C=O) groups is 1. The molecule has 118 valence electrons. The van der Waals surface area contributed by atoms with E-state index >= 15 is 0 Å². The van der Waals surface area contributed by atoms with Crippen molar-refractivity contribution in [3.05, 3.63) is 12.0 Å². The molecule has 1 unspecified atom stereocenters. The lowest BCUT2D eigenvalue weighted by atomic mass is 10.1. The van der Waals surface area contributed by atoms with Gasteiger partial charge in [-0.3, -0.25) is 0 Å². The Hall–Kier alpha value is -1.61. The van der Waals surface area contributed by atoms with Gasteiger partial charge in [-0.05, 0) is 26.7 Å². The fourth-order valence-electron chi connectivity index (χ4n) is 2.29. The van der Waals surface area contributed by atoms with Gasteiger partial charge in [0.15, 0.2) is 5.03 Å². The van der Waals surface area contributed by atoms with Crippen LogP contribution in [0.15, 0.2) is 11.2 Å². The molecule has 2 N–H and O–H groups in total. The Bertz CT molecular complexity index is 598. The van der Waals surface area contributed by atoms with Crippen molar-refractivity contribution in [1.29, 1.82) is 0 Å². The number of hydrogen-bond donors (Lipinski definition) is 2. The van der Waals surface area contributed by atoms with E-state index in [1.165, 1.54) is 10.5 Å². The average molecular weight is 316 g/mol. The van der Waals surface area contributed by atoms with Gasteiger partial charge in [0.1, 0.15) is 5.82 Å². The van der Waals surface area contributed by atoms with Crippen LogP contribution in [0.1, 0.15) is 25.6 Å². The van der Waals surface area contributed by atoms with E-state index in [0.717, 1.165) is 6.42 Å². The molecule has 0 bridgehead atoms. The number of H-pyrrole nitrogens is 1. The van der Waals surface area contributed by atoms with Crippen LogP contribution in [0.25, 0.3) is 0 Å². The van der Waals surface area contributed by atoms with Crippen molar-refractivity contribution in [2.45, 2.75) is 37.8 Å². The lowest BCUT2D eigenvalue weighted by molar-refractivity contribution is 0.142. The zero-order chi connectivity index (χ0) is 15.5. The molecule has 1 aromatic heterocycles. The van der Waals surface area contributed by atoms with Crippen molar-refractivity contribution < 1.29 is 17.9 Å². The number of hydrogen-bond acceptors (Lipinski definition) is 5. The topological polar surface area (TPSA) is 104 Å². The first kappa shape index (κ1) is 15.8. The van der Waals surface area contributed by atoms with E-state index in [2.05, 4.69) is 15.3 Å². The summed E-state index contributed by atoms with van der Waals surface area (Å²) >= 11 is 0. The monoisotopic (exact) mass is 316 g/mol. The maximum atomic E-state index is 12.5. The molecule has 1 aliphatic rings. The molecule has 1 aromatic rings. The number of ether oxygens (including phenoxy) is 1. The van der Waals surface area contributed by atoms with Crippen molar-refractivity contribution in [3.63, 3.8) is 0 Å². The van der Waals surface area contributed by atoms with Gasteiger partial charge in [-0.15, -0.1) is 0 Å². The number of nitrogens with one attached hydrogen (secondary N) is 2. The van der Waals surface area contributed by atoms with Gasteiger partial charge in [-0.1, -0.05) is 0 Å². The van der Waals surface area contributed by atoms with E-state index in [1.54, 1.807) is 13.8 Å². The summed E-state index contributed by atoms with van der Waals surface area (Å²) in [6, 6.07) is -0.239. The number of aromatic amines is 1. The molecule has 1 atom stereocenters. The second-order valence-corrected chi connectivity index (χ2v) is 6.81. The summed E-state index contributed by atoms with van der Waals surface area (Å²) in [5.41, 5.74) is 0. The number of imidazole rings is 1. The minimum absolute atomic E-state index is 0.0804. The minimum Gasteiger partial charge on any atom is -0.450 e. The highest BCUT2D eigenvalue weighted by atomic mass is 32.2. The van der Waals surface area contributed by atoms with E-state index in [1.807, 2.05) is 0 Å². The summed E-state index contributed by atoms with van der Waals surface area (Å²) in [7, 11) is -3.60. The van der Waals surface area contributed by atoms with Crippen LogP contribution in [-0.2, 0) is 14.8 Å². The largest absolute Gasteiger partial charge is 0.450 e. The van der Waals surface area contributed by atoms with Crippen LogP contribution in [0.4, 0.5) is 4.79 Å². The van der Waals surface area contributed by atoms with Crippen LogP contribution in [-0.4, -0.2) is 54.5 Å². The van der Waals surface area contributed by atoms with Gasteiger partial charge in [0.25, 0.3) is 10.0 Å². The van der Waals surface area contributed by atoms with Crippen LogP contribution >= 0.6 is 0 Å². The normalized spacial score (nSPS) is 20.2. The van der Waals surface area contributed by atoms with Crippen LogP contribution in [0.2, 0.25) is 0 Å². The Morgan fingerprint density at radius 2 is 2.38 bits per heavy atom. The van der Waals surface area contributed by atoms with Crippen molar-refractivity contribution in [1.82, 2.24) is 19.6 Å². The van der Waals surface area contributed by atoms with Crippen LogP contribution in [0.3, 0.4) is 0 Å². The predicted octanol–water partition coefficient (Wildman–Crippen LogP) is 0.617. The molecule has 0 spiro atoms. The van der Waals surface area contributed by atoms with E-state index in [-0.39, 0.29) is 24.2 Å². The zero-order valence-electron chi connectivity index (χ0n) is 12.1. The van der Waals surface area contributed by atoms with Gasteiger partial charge in [0, 0.05) is 19.1 Å². The lowest BCUT2D eigenvalue weighted by Gasteiger charge is -2.31. The summed E-state index contributed by atoms with van der Waals surface area (Å²) in [4.78, 5) is 18.1. The zero-order valence-corrected chi connectivity index (χ0v) is 12.9. The van der Waals surface area contributed by atoms with Crippen molar-refractivity contribution in [2.24, 2.45) is 0 Å². The maximum Gasteiger partial charge on any atom is 0.407 e. The molecule has 1 fully saturated rings. The second-order valence-electron chi connectivity index (χ2n) is 4.90. The van der Waals surface area contributed by atoms with Crippen molar-refractivity contribution >= 4 is 16.1 Å². The van der Waals surface area contributed by atoms with Gasteiger partial charge < -0.3 is 15.0 Å². The first-order valence-corrected chi connectivity index (χ1v) is 8.32. The van der Waals surface area contributed by atoms with E-state index in [9.17, 15) is 13.2 Å². The number of carbonyl (C=O) groups excluding carboxylic acids is 1. The number of sulfonamides is 1. The van der Waals surface area contributed by atoms with Crippen LogP contribution in [0.5, 0.6) is 0 Å². The summed E-state index contributed by atoms with van der Waals surface area (Å²) < 4.78 is 31.1. The smallest absolute Gasteiger partial charge is 0.407 e. The average Bonchev–Trinajstić information content (AvgIpc) is 2.87. The van der Waals surface area contributed by atoms with E-state index < -0.39 is 16.1 Å². The summed E-state index contributed by atoms with van der Waals surface area (Å²) in [6.07, 6.45) is 2.21. The molecule has 1 amide bonds. The molecular formula is C12H20N4O4S. The Labute approximate surface area is 123 Å². The number of nitrogens with zero attached hydrogens (tertiary/aromatic N) is 2. The standard InChI is InChI=1S/C12H20N4O4S/c1-3-20-12(17)15-10-5-4-6-16(8-10)21(18,19)11-7-13-9(2)14-11/h7,10H,3-6,8H2,1-2H3,(H,13,14)(H,15,17). The van der Waals surface area contributed by atoms with Gasteiger partial charge >= 0.3 is 6.09 Å². The Kier molecular flexibility index (Phi) is 4.84. The number of aromatic nitrogens is 2. The molecule has 8 nitrogen and oxygen atoms in total. The lowest BCUT2D eigenvalue weighted by Crippen LogP contribution is -2.49. The number of aryl methyl sites for hydroxylation is 1.